The maximum Gasteiger partial charge on any atom is 0.306 e. The lowest BCUT2D eigenvalue weighted by atomic mass is 10.2. The molecule has 2 heterocycles. The summed E-state index contributed by atoms with van der Waals surface area (Å²) in [6, 6.07) is 6.13. The van der Waals surface area contributed by atoms with Gasteiger partial charge in [0.05, 0.1) is 15.9 Å². The second-order valence-corrected chi connectivity index (χ2v) is 8.03. The second-order valence-electron chi connectivity index (χ2n) is 5.16. The normalized spacial score (nSPS) is 19.1. The molecule has 0 aliphatic carbocycles. The Balaban J connectivity index is 2.01. The Morgan fingerprint density at radius 2 is 2.13 bits per heavy atom. The van der Waals surface area contributed by atoms with Crippen molar-refractivity contribution < 1.29 is 17.7 Å². The molecular formula is C14H13FN2O4S2. The minimum Gasteiger partial charge on any atom is -0.258 e. The van der Waals surface area contributed by atoms with Crippen LogP contribution in [0.3, 0.4) is 0 Å². The molecule has 0 bridgehead atoms. The quantitative estimate of drug-likeness (QED) is 0.622. The third-order valence-corrected chi connectivity index (χ3v) is 6.67. The van der Waals surface area contributed by atoms with Crippen LogP contribution in [-0.2, 0) is 10.0 Å². The molecule has 9 heteroatoms. The van der Waals surface area contributed by atoms with E-state index in [1.165, 1.54) is 15.6 Å². The van der Waals surface area contributed by atoms with Crippen LogP contribution in [0.2, 0.25) is 0 Å². The summed E-state index contributed by atoms with van der Waals surface area (Å²) in [5.74, 6) is -1.05. The Morgan fingerprint density at radius 1 is 1.35 bits per heavy atom. The lowest BCUT2D eigenvalue weighted by Gasteiger charge is -2.23. The van der Waals surface area contributed by atoms with E-state index in [1.54, 1.807) is 0 Å². The number of nitro groups is 1. The first-order valence-electron chi connectivity index (χ1n) is 6.90. The van der Waals surface area contributed by atoms with Crippen LogP contribution in [0.25, 0.3) is 0 Å². The predicted octanol–water partition coefficient (Wildman–Crippen LogP) is 3.32. The number of hydrogen-bond donors (Lipinski definition) is 0. The van der Waals surface area contributed by atoms with Crippen molar-refractivity contribution in [3.8, 4) is 0 Å². The van der Waals surface area contributed by atoms with Crippen LogP contribution in [0.5, 0.6) is 0 Å². The zero-order valence-corrected chi connectivity index (χ0v) is 13.5. The number of thiophene rings is 1. The molecular weight excluding hydrogens is 343 g/mol. The average Bonchev–Trinajstić information content (AvgIpc) is 3.18. The van der Waals surface area contributed by atoms with Crippen molar-refractivity contribution in [2.24, 2.45) is 0 Å². The molecule has 3 rings (SSSR count). The van der Waals surface area contributed by atoms with E-state index in [9.17, 15) is 22.9 Å². The molecule has 0 spiro atoms. The number of rotatable bonds is 4. The molecule has 1 aromatic heterocycles. The Hall–Kier alpha value is -1.84. The molecule has 122 valence electrons. The highest BCUT2D eigenvalue weighted by Crippen LogP contribution is 2.38. The summed E-state index contributed by atoms with van der Waals surface area (Å²) < 4.78 is 40.4. The number of nitro benzene ring substituents is 1. The van der Waals surface area contributed by atoms with E-state index in [2.05, 4.69) is 0 Å². The van der Waals surface area contributed by atoms with E-state index in [-0.39, 0.29) is 10.9 Å². The van der Waals surface area contributed by atoms with Crippen LogP contribution in [-0.4, -0.2) is 24.2 Å². The summed E-state index contributed by atoms with van der Waals surface area (Å²) in [6.45, 7) is 0.343. The number of hydrogen-bond acceptors (Lipinski definition) is 5. The molecule has 1 atom stereocenters. The van der Waals surface area contributed by atoms with Crippen molar-refractivity contribution in [3.05, 3.63) is 56.5 Å². The Kier molecular flexibility index (Phi) is 4.17. The Bertz CT molecular complexity index is 836. The standard InChI is InChI=1S/C14H13FN2O4S2/c15-11-6-5-10(9-13(11)17(18)19)23(20,21)16-7-1-3-12(16)14-4-2-8-22-14/h2,4-6,8-9,12H,1,3,7H2/t12-/m1/s1. The lowest BCUT2D eigenvalue weighted by molar-refractivity contribution is -0.387. The van der Waals surface area contributed by atoms with Gasteiger partial charge in [0, 0.05) is 17.5 Å². The van der Waals surface area contributed by atoms with Gasteiger partial charge in [-0.05, 0) is 36.4 Å². The Morgan fingerprint density at radius 3 is 2.78 bits per heavy atom. The van der Waals surface area contributed by atoms with Gasteiger partial charge in [-0.2, -0.15) is 8.70 Å². The number of halogens is 1. The molecule has 1 aliphatic rings. The van der Waals surface area contributed by atoms with Crippen molar-refractivity contribution >= 4 is 27.0 Å². The van der Waals surface area contributed by atoms with Gasteiger partial charge in [-0.1, -0.05) is 6.07 Å². The van der Waals surface area contributed by atoms with Crippen molar-refractivity contribution in [2.45, 2.75) is 23.8 Å². The third-order valence-electron chi connectivity index (χ3n) is 3.80. The van der Waals surface area contributed by atoms with Gasteiger partial charge in [-0.15, -0.1) is 11.3 Å². The lowest BCUT2D eigenvalue weighted by Crippen LogP contribution is -2.30. The van der Waals surface area contributed by atoms with E-state index in [1.807, 2.05) is 17.5 Å². The van der Waals surface area contributed by atoms with E-state index >= 15 is 0 Å². The van der Waals surface area contributed by atoms with E-state index in [0.29, 0.717) is 19.4 Å². The van der Waals surface area contributed by atoms with Crippen LogP contribution in [0, 0.1) is 15.9 Å². The zero-order chi connectivity index (χ0) is 16.6. The van der Waals surface area contributed by atoms with Gasteiger partial charge in [-0.25, -0.2) is 8.42 Å². The summed E-state index contributed by atoms with van der Waals surface area (Å²) in [5.41, 5.74) is -0.835. The van der Waals surface area contributed by atoms with Gasteiger partial charge in [0.25, 0.3) is 0 Å². The molecule has 0 N–H and O–H groups in total. The number of nitrogens with zero attached hydrogens (tertiary/aromatic N) is 2. The third kappa shape index (κ3) is 2.87. The van der Waals surface area contributed by atoms with Crippen LogP contribution in [0.4, 0.5) is 10.1 Å². The fraction of sp³-hybridized carbons (Fsp3) is 0.286. The van der Waals surface area contributed by atoms with Gasteiger partial charge in [0.2, 0.25) is 15.8 Å². The molecule has 23 heavy (non-hydrogen) atoms. The number of benzene rings is 1. The second kappa shape index (κ2) is 5.99. The first-order valence-corrected chi connectivity index (χ1v) is 9.22. The maximum absolute atomic E-state index is 13.4. The van der Waals surface area contributed by atoms with Crippen LogP contribution < -0.4 is 0 Å². The molecule has 0 amide bonds. The topological polar surface area (TPSA) is 80.5 Å². The molecule has 1 aliphatic heterocycles. The van der Waals surface area contributed by atoms with Crippen molar-refractivity contribution in [1.29, 1.82) is 0 Å². The fourth-order valence-electron chi connectivity index (χ4n) is 2.72. The minimum atomic E-state index is -3.92. The van der Waals surface area contributed by atoms with Crippen LogP contribution >= 0.6 is 11.3 Å². The highest BCUT2D eigenvalue weighted by molar-refractivity contribution is 7.89. The molecule has 0 unspecified atom stereocenters. The van der Waals surface area contributed by atoms with Gasteiger partial charge < -0.3 is 0 Å². The fourth-order valence-corrected chi connectivity index (χ4v) is 5.36. The molecule has 1 fully saturated rings. The van der Waals surface area contributed by atoms with Crippen LogP contribution in [0.1, 0.15) is 23.8 Å². The number of sulfonamides is 1. The summed E-state index contributed by atoms with van der Waals surface area (Å²) in [7, 11) is -3.92. The van der Waals surface area contributed by atoms with Crippen molar-refractivity contribution in [1.82, 2.24) is 4.31 Å². The van der Waals surface area contributed by atoms with Gasteiger partial charge in [-0.3, -0.25) is 10.1 Å². The smallest absolute Gasteiger partial charge is 0.258 e. The monoisotopic (exact) mass is 356 g/mol. The van der Waals surface area contributed by atoms with E-state index in [0.717, 1.165) is 23.1 Å². The molecule has 1 saturated heterocycles. The van der Waals surface area contributed by atoms with Crippen LogP contribution in [0.15, 0.2) is 40.6 Å². The minimum absolute atomic E-state index is 0.256. The molecule has 0 saturated carbocycles. The molecule has 6 nitrogen and oxygen atoms in total. The van der Waals surface area contributed by atoms with Crippen molar-refractivity contribution in [2.75, 3.05) is 6.54 Å². The highest BCUT2D eigenvalue weighted by Gasteiger charge is 2.37. The summed E-state index contributed by atoms with van der Waals surface area (Å²) in [4.78, 5) is 10.6. The van der Waals surface area contributed by atoms with Gasteiger partial charge >= 0.3 is 5.69 Å². The molecule has 2 aromatic rings. The van der Waals surface area contributed by atoms with E-state index < -0.39 is 26.5 Å². The predicted molar refractivity (Wildman–Crippen MR) is 83.2 cm³/mol. The first-order chi connectivity index (χ1) is 10.9. The van der Waals surface area contributed by atoms with Gasteiger partial charge in [0.15, 0.2) is 0 Å². The summed E-state index contributed by atoms with van der Waals surface area (Å²) >= 11 is 1.47. The van der Waals surface area contributed by atoms with E-state index in [4.69, 9.17) is 0 Å². The molecule has 1 aromatic carbocycles. The first kappa shape index (κ1) is 16.0. The summed E-state index contributed by atoms with van der Waals surface area (Å²) in [6.07, 6.45) is 1.41. The summed E-state index contributed by atoms with van der Waals surface area (Å²) in [5, 5.41) is 12.7. The highest BCUT2D eigenvalue weighted by atomic mass is 32.2. The maximum atomic E-state index is 13.4. The SMILES string of the molecule is O=[N+]([O-])c1cc(S(=O)(=O)N2CCC[C@@H]2c2cccs2)ccc1F. The van der Waals surface area contributed by atoms with Gasteiger partial charge in [0.1, 0.15) is 0 Å². The molecule has 0 radical (unpaired) electrons. The largest absolute Gasteiger partial charge is 0.306 e. The Labute approximate surface area is 136 Å². The average molecular weight is 356 g/mol. The zero-order valence-electron chi connectivity index (χ0n) is 11.9. The van der Waals surface area contributed by atoms with Crippen molar-refractivity contribution in [3.63, 3.8) is 0 Å².